The van der Waals surface area contributed by atoms with Gasteiger partial charge in [0.2, 0.25) is 0 Å². The topological polar surface area (TPSA) is 58.2 Å². The van der Waals surface area contributed by atoms with E-state index in [2.05, 4.69) is 10.2 Å². The third kappa shape index (κ3) is 2.33. The Morgan fingerprint density at radius 2 is 2.33 bits per heavy atom. The molecule has 6 heteroatoms. The average molecular weight is 305 g/mol. The second-order valence-corrected chi connectivity index (χ2v) is 6.24. The van der Waals surface area contributed by atoms with Crippen LogP contribution in [0, 0.1) is 13.8 Å². The van der Waals surface area contributed by atoms with E-state index in [1.807, 2.05) is 30.2 Å². The van der Waals surface area contributed by atoms with Gasteiger partial charge < -0.3 is 9.64 Å². The van der Waals surface area contributed by atoms with Gasteiger partial charge in [0, 0.05) is 17.8 Å². The fraction of sp³-hybridized carbons (Fsp3) is 0.467. The molecule has 1 N–H and O–H groups in total. The number of rotatable bonds is 3. The molecule has 112 valence electrons. The van der Waals surface area contributed by atoms with Crippen LogP contribution in [-0.4, -0.2) is 34.7 Å². The number of aryl methyl sites for hydroxylation is 2. The molecule has 0 aliphatic carbocycles. The Morgan fingerprint density at radius 3 is 3.00 bits per heavy atom. The number of aromatic amines is 1. The molecule has 0 radical (unpaired) electrons. The summed E-state index contributed by atoms with van der Waals surface area (Å²) in [5.74, 6) is 0.723. The predicted octanol–water partition coefficient (Wildman–Crippen LogP) is 3.07. The number of hydrogen-bond donors (Lipinski definition) is 1. The summed E-state index contributed by atoms with van der Waals surface area (Å²) in [7, 11) is 1.60. The second kappa shape index (κ2) is 5.52. The summed E-state index contributed by atoms with van der Waals surface area (Å²) in [6.45, 7) is 4.79. The standard InChI is InChI=1S/C15H19N3O2S/c1-9-13(10(2)17-16-9)11-5-4-7-18(11)15(19)14-12(20-3)6-8-21-14/h6,8,11H,4-5,7H2,1-3H3,(H,16,17)/t11-/m0/s1. The highest BCUT2D eigenvalue weighted by molar-refractivity contribution is 7.12. The molecule has 5 nitrogen and oxygen atoms in total. The normalized spacial score (nSPS) is 18.2. The third-order valence-corrected chi connectivity index (χ3v) is 4.96. The van der Waals surface area contributed by atoms with Crippen LogP contribution >= 0.6 is 11.3 Å². The van der Waals surface area contributed by atoms with E-state index in [0.29, 0.717) is 10.6 Å². The van der Waals surface area contributed by atoms with E-state index in [9.17, 15) is 4.79 Å². The van der Waals surface area contributed by atoms with Crippen molar-refractivity contribution >= 4 is 17.2 Å². The number of ether oxygens (including phenoxy) is 1. The lowest BCUT2D eigenvalue weighted by Crippen LogP contribution is -2.30. The van der Waals surface area contributed by atoms with Crippen molar-refractivity contribution in [1.82, 2.24) is 15.1 Å². The van der Waals surface area contributed by atoms with E-state index in [0.717, 1.165) is 36.3 Å². The number of nitrogens with one attached hydrogen (secondary N) is 1. The van der Waals surface area contributed by atoms with Gasteiger partial charge in [-0.25, -0.2) is 0 Å². The number of hydrogen-bond acceptors (Lipinski definition) is 4. The van der Waals surface area contributed by atoms with Crippen LogP contribution in [0.15, 0.2) is 11.4 Å². The molecule has 2 aromatic heterocycles. The number of carbonyl (C=O) groups excluding carboxylic acids is 1. The van der Waals surface area contributed by atoms with Crippen molar-refractivity contribution in [3.63, 3.8) is 0 Å². The monoisotopic (exact) mass is 305 g/mol. The minimum absolute atomic E-state index is 0.0596. The van der Waals surface area contributed by atoms with Crippen molar-refractivity contribution in [2.45, 2.75) is 32.7 Å². The molecule has 0 aromatic carbocycles. The average Bonchev–Trinajstić information content (AvgIpc) is 3.18. The van der Waals surface area contributed by atoms with Crippen molar-refractivity contribution in [3.8, 4) is 5.75 Å². The van der Waals surface area contributed by atoms with Crippen LogP contribution < -0.4 is 4.74 Å². The summed E-state index contributed by atoms with van der Waals surface area (Å²) >= 11 is 1.44. The quantitative estimate of drug-likeness (QED) is 0.948. The maximum absolute atomic E-state index is 12.8. The Kier molecular flexibility index (Phi) is 3.71. The summed E-state index contributed by atoms with van der Waals surface area (Å²) in [6.07, 6.45) is 2.01. The third-order valence-electron chi connectivity index (χ3n) is 4.08. The lowest BCUT2D eigenvalue weighted by Gasteiger charge is -2.25. The van der Waals surface area contributed by atoms with Crippen LogP contribution in [0.25, 0.3) is 0 Å². The zero-order valence-electron chi connectivity index (χ0n) is 12.5. The van der Waals surface area contributed by atoms with E-state index in [4.69, 9.17) is 4.74 Å². The molecule has 3 rings (SSSR count). The summed E-state index contributed by atoms with van der Waals surface area (Å²) in [5, 5.41) is 9.18. The van der Waals surface area contributed by atoms with E-state index in [1.54, 1.807) is 7.11 Å². The number of likely N-dealkylation sites (tertiary alicyclic amines) is 1. The van der Waals surface area contributed by atoms with Crippen molar-refractivity contribution < 1.29 is 9.53 Å². The molecule has 0 bridgehead atoms. The molecule has 3 heterocycles. The molecule has 1 saturated heterocycles. The van der Waals surface area contributed by atoms with Gasteiger partial charge in [0.1, 0.15) is 10.6 Å². The van der Waals surface area contributed by atoms with Crippen LogP contribution in [0.5, 0.6) is 5.75 Å². The van der Waals surface area contributed by atoms with Gasteiger partial charge in [0.05, 0.1) is 18.8 Å². The highest BCUT2D eigenvalue weighted by Gasteiger charge is 2.34. The highest BCUT2D eigenvalue weighted by atomic mass is 32.1. The Bertz CT molecular complexity index is 642. The Morgan fingerprint density at radius 1 is 1.52 bits per heavy atom. The lowest BCUT2D eigenvalue weighted by atomic mass is 10.0. The van der Waals surface area contributed by atoms with Crippen LogP contribution in [0.2, 0.25) is 0 Å². The molecule has 0 spiro atoms. The number of methoxy groups -OCH3 is 1. The van der Waals surface area contributed by atoms with Gasteiger partial charge in [-0.1, -0.05) is 0 Å². The van der Waals surface area contributed by atoms with Gasteiger partial charge in [-0.15, -0.1) is 11.3 Å². The Labute approximate surface area is 127 Å². The van der Waals surface area contributed by atoms with E-state index >= 15 is 0 Å². The van der Waals surface area contributed by atoms with Gasteiger partial charge in [-0.3, -0.25) is 9.89 Å². The summed E-state index contributed by atoms with van der Waals surface area (Å²) in [5.41, 5.74) is 3.20. The van der Waals surface area contributed by atoms with Crippen LogP contribution in [0.3, 0.4) is 0 Å². The Hall–Kier alpha value is -1.82. The number of nitrogens with zero attached hydrogens (tertiary/aromatic N) is 2. The predicted molar refractivity (Wildman–Crippen MR) is 81.9 cm³/mol. The van der Waals surface area contributed by atoms with Gasteiger partial charge in [0.25, 0.3) is 5.91 Å². The zero-order valence-corrected chi connectivity index (χ0v) is 13.3. The second-order valence-electron chi connectivity index (χ2n) is 5.32. The molecular weight excluding hydrogens is 286 g/mol. The molecule has 1 amide bonds. The van der Waals surface area contributed by atoms with Gasteiger partial charge >= 0.3 is 0 Å². The van der Waals surface area contributed by atoms with E-state index < -0.39 is 0 Å². The molecule has 0 saturated carbocycles. The summed E-state index contributed by atoms with van der Waals surface area (Å²) < 4.78 is 5.28. The molecule has 21 heavy (non-hydrogen) atoms. The first kappa shape index (κ1) is 14.1. The number of thiophene rings is 1. The lowest BCUT2D eigenvalue weighted by molar-refractivity contribution is 0.0737. The SMILES string of the molecule is COc1ccsc1C(=O)N1CCC[C@H]1c1c(C)n[nH]c1C. The van der Waals surface area contributed by atoms with Crippen molar-refractivity contribution in [1.29, 1.82) is 0 Å². The fourth-order valence-electron chi connectivity index (χ4n) is 3.11. The Balaban J connectivity index is 1.93. The summed E-state index contributed by atoms with van der Waals surface area (Å²) in [6, 6.07) is 1.96. The minimum atomic E-state index is 0.0596. The molecule has 1 atom stereocenters. The first-order chi connectivity index (χ1) is 10.1. The largest absolute Gasteiger partial charge is 0.495 e. The first-order valence-electron chi connectivity index (χ1n) is 7.07. The molecule has 1 fully saturated rings. The van der Waals surface area contributed by atoms with Crippen molar-refractivity contribution in [2.75, 3.05) is 13.7 Å². The van der Waals surface area contributed by atoms with Gasteiger partial charge in [0.15, 0.2) is 0 Å². The van der Waals surface area contributed by atoms with Gasteiger partial charge in [-0.2, -0.15) is 5.10 Å². The fourth-order valence-corrected chi connectivity index (χ4v) is 3.92. The molecular formula is C15H19N3O2S. The van der Waals surface area contributed by atoms with E-state index in [1.165, 1.54) is 11.3 Å². The maximum Gasteiger partial charge on any atom is 0.268 e. The highest BCUT2D eigenvalue weighted by Crippen LogP contribution is 2.37. The maximum atomic E-state index is 12.8. The molecule has 1 aliphatic heterocycles. The molecule has 0 unspecified atom stereocenters. The first-order valence-corrected chi connectivity index (χ1v) is 7.95. The number of carbonyl (C=O) groups is 1. The van der Waals surface area contributed by atoms with Crippen molar-refractivity contribution in [3.05, 3.63) is 33.3 Å². The summed E-state index contributed by atoms with van der Waals surface area (Å²) in [4.78, 5) is 15.5. The molecule has 1 aliphatic rings. The van der Waals surface area contributed by atoms with Crippen molar-refractivity contribution in [2.24, 2.45) is 0 Å². The number of H-pyrrole nitrogens is 1. The minimum Gasteiger partial charge on any atom is -0.495 e. The van der Waals surface area contributed by atoms with Gasteiger partial charge in [-0.05, 0) is 38.1 Å². The molecule has 2 aromatic rings. The van der Waals surface area contributed by atoms with Crippen LogP contribution in [-0.2, 0) is 0 Å². The van der Waals surface area contributed by atoms with E-state index in [-0.39, 0.29) is 11.9 Å². The van der Waals surface area contributed by atoms with Crippen LogP contribution in [0.4, 0.5) is 0 Å². The number of amides is 1. The number of aromatic nitrogens is 2. The van der Waals surface area contributed by atoms with Crippen LogP contribution in [0.1, 0.15) is 45.5 Å². The zero-order chi connectivity index (χ0) is 15.0. The smallest absolute Gasteiger partial charge is 0.268 e.